The van der Waals surface area contributed by atoms with Gasteiger partial charge in [-0.25, -0.2) is 0 Å². The molecule has 1 aliphatic rings. The highest BCUT2D eigenvalue weighted by atomic mass is 16.7. The van der Waals surface area contributed by atoms with Crippen LogP contribution in [0.3, 0.4) is 0 Å². The molecule has 0 saturated carbocycles. The molecule has 0 amide bonds. The van der Waals surface area contributed by atoms with E-state index in [9.17, 15) is 0 Å². The first-order chi connectivity index (χ1) is 6.49. The Morgan fingerprint density at radius 1 is 1.07 bits per heavy atom. The SMILES string of the molecule is COC1(C)OC(C)(C)c2ccccc21. The van der Waals surface area contributed by atoms with Gasteiger partial charge >= 0.3 is 0 Å². The topological polar surface area (TPSA) is 18.5 Å². The van der Waals surface area contributed by atoms with Crippen LogP contribution in [-0.2, 0) is 20.9 Å². The normalized spacial score (nSPS) is 28.9. The number of benzene rings is 1. The van der Waals surface area contributed by atoms with Gasteiger partial charge in [-0.05, 0) is 26.3 Å². The Hall–Kier alpha value is -0.860. The van der Waals surface area contributed by atoms with E-state index in [4.69, 9.17) is 9.47 Å². The quantitative estimate of drug-likeness (QED) is 0.681. The van der Waals surface area contributed by atoms with Gasteiger partial charge in [0.25, 0.3) is 0 Å². The van der Waals surface area contributed by atoms with E-state index < -0.39 is 5.79 Å². The second-order valence-electron chi connectivity index (χ2n) is 4.31. The van der Waals surface area contributed by atoms with Crippen LogP contribution in [0, 0.1) is 0 Å². The van der Waals surface area contributed by atoms with Crippen molar-refractivity contribution in [3.63, 3.8) is 0 Å². The molecule has 2 rings (SSSR count). The first kappa shape index (κ1) is 9.69. The van der Waals surface area contributed by atoms with Gasteiger partial charge in [0.1, 0.15) is 0 Å². The summed E-state index contributed by atoms with van der Waals surface area (Å²) < 4.78 is 11.4. The van der Waals surface area contributed by atoms with Crippen LogP contribution < -0.4 is 0 Å². The number of hydrogen-bond acceptors (Lipinski definition) is 2. The molecule has 0 radical (unpaired) electrons. The van der Waals surface area contributed by atoms with E-state index in [-0.39, 0.29) is 5.60 Å². The summed E-state index contributed by atoms with van der Waals surface area (Å²) in [7, 11) is 1.68. The van der Waals surface area contributed by atoms with Gasteiger partial charge in [0, 0.05) is 12.7 Å². The molecule has 2 heteroatoms. The Bertz CT molecular complexity index is 357. The zero-order valence-electron chi connectivity index (χ0n) is 9.13. The molecule has 2 nitrogen and oxygen atoms in total. The molecular formula is C12H16O2. The molecule has 0 aliphatic carbocycles. The maximum atomic E-state index is 5.93. The van der Waals surface area contributed by atoms with E-state index in [0.717, 1.165) is 5.56 Å². The van der Waals surface area contributed by atoms with Gasteiger partial charge in [-0.3, -0.25) is 0 Å². The van der Waals surface area contributed by atoms with Crippen molar-refractivity contribution >= 4 is 0 Å². The number of hydrogen-bond donors (Lipinski definition) is 0. The van der Waals surface area contributed by atoms with Crippen molar-refractivity contribution in [2.45, 2.75) is 32.2 Å². The van der Waals surface area contributed by atoms with E-state index >= 15 is 0 Å². The molecule has 1 aromatic rings. The summed E-state index contributed by atoms with van der Waals surface area (Å²) in [5.74, 6) is -0.597. The van der Waals surface area contributed by atoms with E-state index in [1.165, 1.54) is 5.56 Å². The van der Waals surface area contributed by atoms with Gasteiger partial charge in [0.05, 0.1) is 5.60 Å². The van der Waals surface area contributed by atoms with E-state index in [1.54, 1.807) is 7.11 Å². The molecule has 0 bridgehead atoms. The van der Waals surface area contributed by atoms with E-state index in [0.29, 0.717) is 0 Å². The molecule has 14 heavy (non-hydrogen) atoms. The summed E-state index contributed by atoms with van der Waals surface area (Å²) in [6, 6.07) is 8.21. The fraction of sp³-hybridized carbons (Fsp3) is 0.500. The lowest BCUT2D eigenvalue weighted by molar-refractivity contribution is -0.253. The molecule has 1 aromatic carbocycles. The van der Waals surface area contributed by atoms with E-state index in [1.807, 2.05) is 19.1 Å². The van der Waals surface area contributed by atoms with Crippen LogP contribution in [0.1, 0.15) is 31.9 Å². The van der Waals surface area contributed by atoms with Gasteiger partial charge in [0.15, 0.2) is 5.79 Å². The van der Waals surface area contributed by atoms with Crippen LogP contribution in [0.5, 0.6) is 0 Å². The second-order valence-corrected chi connectivity index (χ2v) is 4.31. The maximum absolute atomic E-state index is 5.93. The molecule has 1 heterocycles. The molecule has 1 unspecified atom stereocenters. The van der Waals surface area contributed by atoms with Crippen molar-refractivity contribution < 1.29 is 9.47 Å². The van der Waals surface area contributed by atoms with Crippen LogP contribution in [0.15, 0.2) is 24.3 Å². The predicted molar refractivity (Wildman–Crippen MR) is 54.9 cm³/mol. The number of ether oxygens (including phenoxy) is 2. The average molecular weight is 192 g/mol. The van der Waals surface area contributed by atoms with Gasteiger partial charge < -0.3 is 9.47 Å². The molecular weight excluding hydrogens is 176 g/mol. The third-order valence-corrected chi connectivity index (χ3v) is 2.90. The number of rotatable bonds is 1. The lowest BCUT2D eigenvalue weighted by Crippen LogP contribution is -2.27. The maximum Gasteiger partial charge on any atom is 0.193 e. The molecule has 76 valence electrons. The molecule has 1 aliphatic heterocycles. The lowest BCUT2D eigenvalue weighted by Gasteiger charge is -2.27. The molecule has 0 spiro atoms. The van der Waals surface area contributed by atoms with Crippen molar-refractivity contribution in [1.29, 1.82) is 0 Å². The summed E-state index contributed by atoms with van der Waals surface area (Å²) in [4.78, 5) is 0. The zero-order chi connectivity index (χ0) is 10.4. The van der Waals surface area contributed by atoms with Gasteiger partial charge in [-0.1, -0.05) is 24.3 Å². The summed E-state index contributed by atoms with van der Waals surface area (Å²) >= 11 is 0. The van der Waals surface area contributed by atoms with Crippen molar-refractivity contribution in [3.05, 3.63) is 35.4 Å². The van der Waals surface area contributed by atoms with Crippen LogP contribution in [0.4, 0.5) is 0 Å². The van der Waals surface area contributed by atoms with Gasteiger partial charge in [-0.15, -0.1) is 0 Å². The Labute approximate surface area is 84.8 Å². The number of methoxy groups -OCH3 is 1. The monoisotopic (exact) mass is 192 g/mol. The minimum Gasteiger partial charge on any atom is -0.349 e. The minimum atomic E-state index is -0.597. The smallest absolute Gasteiger partial charge is 0.193 e. The van der Waals surface area contributed by atoms with Crippen LogP contribution in [0.2, 0.25) is 0 Å². The highest BCUT2D eigenvalue weighted by Crippen LogP contribution is 2.46. The predicted octanol–water partition coefficient (Wildman–Crippen LogP) is 2.77. The van der Waals surface area contributed by atoms with Crippen molar-refractivity contribution in [2.75, 3.05) is 7.11 Å². The van der Waals surface area contributed by atoms with Gasteiger partial charge in [-0.2, -0.15) is 0 Å². The van der Waals surface area contributed by atoms with Crippen molar-refractivity contribution in [3.8, 4) is 0 Å². The van der Waals surface area contributed by atoms with E-state index in [2.05, 4.69) is 26.0 Å². The second kappa shape index (κ2) is 2.81. The van der Waals surface area contributed by atoms with Crippen LogP contribution in [0.25, 0.3) is 0 Å². The minimum absolute atomic E-state index is 0.263. The first-order valence-corrected chi connectivity index (χ1v) is 4.85. The molecule has 0 aromatic heterocycles. The Morgan fingerprint density at radius 3 is 2.21 bits per heavy atom. The summed E-state index contributed by atoms with van der Waals surface area (Å²) in [5, 5.41) is 0. The van der Waals surface area contributed by atoms with Crippen molar-refractivity contribution in [1.82, 2.24) is 0 Å². The molecule has 0 saturated heterocycles. The van der Waals surface area contributed by atoms with Crippen LogP contribution in [-0.4, -0.2) is 7.11 Å². The largest absolute Gasteiger partial charge is 0.349 e. The Kier molecular flexibility index (Phi) is 1.95. The van der Waals surface area contributed by atoms with Gasteiger partial charge in [0.2, 0.25) is 0 Å². The highest BCUT2D eigenvalue weighted by molar-refractivity contribution is 5.38. The number of fused-ring (bicyclic) bond motifs is 1. The Balaban J connectivity index is 2.60. The Morgan fingerprint density at radius 2 is 1.64 bits per heavy atom. The highest BCUT2D eigenvalue weighted by Gasteiger charge is 2.45. The summed E-state index contributed by atoms with van der Waals surface area (Å²) in [5.41, 5.74) is 2.08. The lowest BCUT2D eigenvalue weighted by atomic mass is 9.94. The molecule has 0 N–H and O–H groups in total. The van der Waals surface area contributed by atoms with Crippen LogP contribution >= 0.6 is 0 Å². The summed E-state index contributed by atoms with van der Waals surface area (Å²) in [6.45, 7) is 6.09. The first-order valence-electron chi connectivity index (χ1n) is 4.85. The fourth-order valence-electron chi connectivity index (χ4n) is 2.15. The zero-order valence-corrected chi connectivity index (χ0v) is 9.13. The average Bonchev–Trinajstić information content (AvgIpc) is 2.37. The summed E-state index contributed by atoms with van der Waals surface area (Å²) in [6.07, 6.45) is 0. The standard InChI is InChI=1S/C12H16O2/c1-11(2)9-7-5-6-8-10(9)12(3,13-4)14-11/h5-8H,1-4H3. The third kappa shape index (κ3) is 1.18. The fourth-order valence-corrected chi connectivity index (χ4v) is 2.15. The molecule has 1 atom stereocenters. The third-order valence-electron chi connectivity index (χ3n) is 2.90. The van der Waals surface area contributed by atoms with Crippen molar-refractivity contribution in [2.24, 2.45) is 0 Å². The molecule has 0 fully saturated rings.